The van der Waals surface area contributed by atoms with Gasteiger partial charge in [0.15, 0.2) is 0 Å². The second-order valence-corrected chi connectivity index (χ2v) is 6.85. The Morgan fingerprint density at radius 1 is 1.25 bits per heavy atom. The normalized spacial score (nSPS) is 16.5. The van der Waals surface area contributed by atoms with Crippen LogP contribution in [0, 0.1) is 5.92 Å². The third-order valence-corrected chi connectivity index (χ3v) is 3.28. The third kappa shape index (κ3) is 7.60. The van der Waals surface area contributed by atoms with Crippen molar-refractivity contribution in [1.82, 2.24) is 0 Å². The topological polar surface area (TPSA) is 0 Å². The van der Waals surface area contributed by atoms with Crippen LogP contribution in [0.5, 0.6) is 0 Å². The van der Waals surface area contributed by atoms with Crippen LogP contribution in [0.25, 0.3) is 0 Å². The first-order valence-electron chi connectivity index (χ1n) is 4.73. The van der Waals surface area contributed by atoms with E-state index in [2.05, 4.69) is 52.6 Å². The van der Waals surface area contributed by atoms with E-state index in [-0.39, 0.29) is 0 Å². The van der Waals surface area contributed by atoms with Crippen LogP contribution in [0.3, 0.4) is 0 Å². The molecule has 74 valence electrons. The average Bonchev–Trinajstić information content (AvgIpc) is 1.85. The minimum atomic E-state index is 0.353. The molecule has 12 heavy (non-hydrogen) atoms. The Kier molecular flexibility index (Phi) is 6.93. The predicted octanol–water partition coefficient (Wildman–Crippen LogP) is 4.75. The van der Waals surface area contributed by atoms with Crippen molar-refractivity contribution in [3.05, 3.63) is 0 Å². The zero-order valence-corrected chi connectivity index (χ0v) is 11.5. The molecule has 0 saturated carbocycles. The Bertz CT molecular complexity index is 108. The number of rotatable bonds is 6. The highest BCUT2D eigenvalue weighted by Crippen LogP contribution is 2.29. The Morgan fingerprint density at radius 3 is 2.25 bits per heavy atom. The van der Waals surface area contributed by atoms with Gasteiger partial charge in [-0.2, -0.15) is 0 Å². The summed E-state index contributed by atoms with van der Waals surface area (Å²) in [7, 11) is 0. The second-order valence-electron chi connectivity index (χ2n) is 4.14. The van der Waals surface area contributed by atoms with Gasteiger partial charge in [0.05, 0.1) is 0 Å². The lowest BCUT2D eigenvalue weighted by Crippen LogP contribution is -2.16. The monoisotopic (exact) mass is 298 g/mol. The number of halogens is 2. The van der Waals surface area contributed by atoms with E-state index < -0.39 is 0 Å². The molecule has 0 N–H and O–H groups in total. The molecule has 2 heteroatoms. The van der Waals surface area contributed by atoms with E-state index in [1.165, 1.54) is 25.7 Å². The Balaban J connectivity index is 3.46. The van der Waals surface area contributed by atoms with E-state index in [1.807, 2.05) is 0 Å². The van der Waals surface area contributed by atoms with Gasteiger partial charge < -0.3 is 0 Å². The van der Waals surface area contributed by atoms with E-state index in [4.69, 9.17) is 0 Å². The molecule has 0 aliphatic heterocycles. The van der Waals surface area contributed by atoms with Crippen molar-refractivity contribution in [3.8, 4) is 0 Å². The molecule has 0 saturated heterocycles. The molecule has 0 aromatic rings. The lowest BCUT2D eigenvalue weighted by Gasteiger charge is -2.21. The smallest absolute Gasteiger partial charge is 0.0237 e. The predicted molar refractivity (Wildman–Crippen MR) is 64.4 cm³/mol. The van der Waals surface area contributed by atoms with Crippen LogP contribution in [0.2, 0.25) is 0 Å². The molecule has 0 heterocycles. The van der Waals surface area contributed by atoms with Gasteiger partial charge in [0.25, 0.3) is 0 Å². The van der Waals surface area contributed by atoms with Crippen LogP contribution < -0.4 is 0 Å². The summed E-state index contributed by atoms with van der Waals surface area (Å²) >= 11 is 7.24. The van der Waals surface area contributed by atoms with Crippen molar-refractivity contribution in [2.45, 2.75) is 50.8 Å². The fourth-order valence-electron chi connectivity index (χ4n) is 1.20. The van der Waals surface area contributed by atoms with Crippen LogP contribution in [0.4, 0.5) is 0 Å². The summed E-state index contributed by atoms with van der Waals surface area (Å²) in [4.78, 5) is 0. The molecule has 0 aliphatic carbocycles. The standard InChI is InChI=1S/C10H20Br2/c1-9(2)5-4-6-10(3,12)7-8-11/h9H,4-8H2,1-3H3. The molecule has 0 nitrogen and oxygen atoms in total. The van der Waals surface area contributed by atoms with Gasteiger partial charge in [-0.25, -0.2) is 0 Å². The number of alkyl halides is 2. The molecule has 0 spiro atoms. The minimum Gasteiger partial charge on any atom is -0.0928 e. The van der Waals surface area contributed by atoms with Gasteiger partial charge in [0, 0.05) is 9.65 Å². The molecule has 0 aliphatic rings. The summed E-state index contributed by atoms with van der Waals surface area (Å²) in [5.41, 5.74) is 0. The first-order valence-corrected chi connectivity index (χ1v) is 6.64. The highest BCUT2D eigenvalue weighted by molar-refractivity contribution is 9.10. The number of hydrogen-bond acceptors (Lipinski definition) is 0. The Hall–Kier alpha value is 0.960. The molecule has 1 unspecified atom stereocenters. The quantitative estimate of drug-likeness (QED) is 0.621. The first-order chi connectivity index (χ1) is 5.48. The maximum Gasteiger partial charge on any atom is 0.0237 e. The molecule has 0 fully saturated rings. The molecule has 0 aromatic heterocycles. The summed E-state index contributed by atoms with van der Waals surface area (Å²) in [5, 5.41) is 1.09. The maximum atomic E-state index is 3.76. The third-order valence-electron chi connectivity index (χ3n) is 2.10. The van der Waals surface area contributed by atoms with Gasteiger partial charge in [-0.1, -0.05) is 58.5 Å². The molecule has 0 aromatic carbocycles. The molecule has 0 radical (unpaired) electrons. The van der Waals surface area contributed by atoms with Gasteiger partial charge in [-0.05, 0) is 25.7 Å². The fraction of sp³-hybridized carbons (Fsp3) is 1.00. The van der Waals surface area contributed by atoms with Crippen LogP contribution in [-0.4, -0.2) is 9.65 Å². The van der Waals surface area contributed by atoms with E-state index in [9.17, 15) is 0 Å². The average molecular weight is 300 g/mol. The van der Waals surface area contributed by atoms with Gasteiger partial charge in [0.1, 0.15) is 0 Å². The Morgan fingerprint density at radius 2 is 1.83 bits per heavy atom. The van der Waals surface area contributed by atoms with Crippen LogP contribution >= 0.6 is 31.9 Å². The van der Waals surface area contributed by atoms with Gasteiger partial charge in [-0.3, -0.25) is 0 Å². The molecular formula is C10H20Br2. The second kappa shape index (κ2) is 6.42. The molecule has 0 amide bonds. The lowest BCUT2D eigenvalue weighted by atomic mass is 9.98. The van der Waals surface area contributed by atoms with Gasteiger partial charge >= 0.3 is 0 Å². The van der Waals surface area contributed by atoms with E-state index in [0.717, 1.165) is 11.2 Å². The van der Waals surface area contributed by atoms with Gasteiger partial charge in [0.2, 0.25) is 0 Å². The summed E-state index contributed by atoms with van der Waals surface area (Å²) in [6, 6.07) is 0. The van der Waals surface area contributed by atoms with Crippen molar-refractivity contribution in [1.29, 1.82) is 0 Å². The van der Waals surface area contributed by atoms with Crippen molar-refractivity contribution >= 4 is 31.9 Å². The van der Waals surface area contributed by atoms with Crippen LogP contribution in [0.1, 0.15) is 46.5 Å². The highest BCUT2D eigenvalue weighted by atomic mass is 79.9. The van der Waals surface area contributed by atoms with Crippen molar-refractivity contribution in [2.75, 3.05) is 5.33 Å². The summed E-state index contributed by atoms with van der Waals surface area (Å²) in [6.07, 6.45) is 5.19. The van der Waals surface area contributed by atoms with Gasteiger partial charge in [-0.15, -0.1) is 0 Å². The fourth-order valence-corrected chi connectivity index (χ4v) is 3.09. The molecule has 0 bridgehead atoms. The zero-order valence-electron chi connectivity index (χ0n) is 8.37. The van der Waals surface area contributed by atoms with E-state index in [0.29, 0.717) is 4.32 Å². The van der Waals surface area contributed by atoms with Crippen LogP contribution in [0.15, 0.2) is 0 Å². The molecule has 1 atom stereocenters. The largest absolute Gasteiger partial charge is 0.0928 e. The summed E-state index contributed by atoms with van der Waals surface area (Å²) in [6.45, 7) is 6.86. The van der Waals surface area contributed by atoms with Crippen LogP contribution in [-0.2, 0) is 0 Å². The minimum absolute atomic E-state index is 0.353. The lowest BCUT2D eigenvalue weighted by molar-refractivity contribution is 0.486. The van der Waals surface area contributed by atoms with Crippen molar-refractivity contribution < 1.29 is 0 Å². The number of hydrogen-bond donors (Lipinski definition) is 0. The zero-order chi connectivity index (χ0) is 9.61. The molecule has 0 rings (SSSR count). The summed E-state index contributed by atoms with van der Waals surface area (Å²) < 4.78 is 0.353. The molecular weight excluding hydrogens is 280 g/mol. The van der Waals surface area contributed by atoms with Crippen molar-refractivity contribution in [3.63, 3.8) is 0 Å². The summed E-state index contributed by atoms with van der Waals surface area (Å²) in [5.74, 6) is 0.845. The SMILES string of the molecule is CC(C)CCCC(C)(Br)CCBr. The van der Waals surface area contributed by atoms with E-state index in [1.54, 1.807) is 0 Å². The Labute approximate surface area is 93.8 Å². The van der Waals surface area contributed by atoms with Crippen molar-refractivity contribution in [2.24, 2.45) is 5.92 Å². The van der Waals surface area contributed by atoms with E-state index >= 15 is 0 Å². The highest BCUT2D eigenvalue weighted by Gasteiger charge is 2.18. The first kappa shape index (κ1) is 13.0. The maximum absolute atomic E-state index is 3.76.